The lowest BCUT2D eigenvalue weighted by molar-refractivity contribution is -0.113. The van der Waals surface area contributed by atoms with Gasteiger partial charge in [0.25, 0.3) is 5.91 Å². The van der Waals surface area contributed by atoms with E-state index in [0.717, 1.165) is 40.2 Å². The van der Waals surface area contributed by atoms with Crippen molar-refractivity contribution >= 4 is 17.5 Å². The summed E-state index contributed by atoms with van der Waals surface area (Å²) in [6, 6.07) is 13.3. The zero-order chi connectivity index (χ0) is 22.0. The van der Waals surface area contributed by atoms with E-state index >= 15 is 0 Å². The number of amides is 1. The number of rotatable bonds is 6. The first-order valence-electron chi connectivity index (χ1n) is 10.5. The Kier molecular flexibility index (Phi) is 5.75. The van der Waals surface area contributed by atoms with Crippen LogP contribution in [-0.2, 0) is 4.79 Å². The second-order valence-corrected chi connectivity index (χ2v) is 7.75. The molecule has 2 aromatic carbocycles. The number of benzene rings is 2. The van der Waals surface area contributed by atoms with Crippen LogP contribution in [0, 0.1) is 13.8 Å². The molecule has 4 rings (SSSR count). The number of nitrogens with zero attached hydrogens (tertiary/aromatic N) is 3. The van der Waals surface area contributed by atoms with Crippen LogP contribution in [0.25, 0.3) is 0 Å². The van der Waals surface area contributed by atoms with Crippen LogP contribution in [0.3, 0.4) is 0 Å². The molecular formula is C24H27N5O2. The van der Waals surface area contributed by atoms with E-state index in [4.69, 9.17) is 4.74 Å². The van der Waals surface area contributed by atoms with Gasteiger partial charge in [0, 0.05) is 16.9 Å². The van der Waals surface area contributed by atoms with Gasteiger partial charge in [-0.3, -0.25) is 4.79 Å². The van der Waals surface area contributed by atoms with Gasteiger partial charge in [0.15, 0.2) is 0 Å². The third-order valence-electron chi connectivity index (χ3n) is 5.34. The van der Waals surface area contributed by atoms with Gasteiger partial charge < -0.3 is 15.4 Å². The van der Waals surface area contributed by atoms with Crippen molar-refractivity contribution in [2.24, 2.45) is 0 Å². The van der Waals surface area contributed by atoms with E-state index in [1.54, 1.807) is 4.68 Å². The van der Waals surface area contributed by atoms with Crippen molar-refractivity contribution in [3.05, 3.63) is 76.8 Å². The molecule has 0 bridgehead atoms. The Labute approximate surface area is 182 Å². The normalized spacial score (nSPS) is 15.3. The molecule has 1 unspecified atom stereocenters. The molecule has 2 heterocycles. The fraction of sp³-hybridized carbons (Fsp3) is 0.292. The summed E-state index contributed by atoms with van der Waals surface area (Å²) in [4.78, 5) is 17.9. The number of fused-ring (bicyclic) bond motifs is 1. The van der Waals surface area contributed by atoms with Gasteiger partial charge in [-0.1, -0.05) is 42.8 Å². The van der Waals surface area contributed by atoms with Gasteiger partial charge in [-0.05, 0) is 44.9 Å². The molecule has 2 N–H and O–H groups in total. The van der Waals surface area contributed by atoms with E-state index in [9.17, 15) is 4.79 Å². The molecule has 31 heavy (non-hydrogen) atoms. The van der Waals surface area contributed by atoms with E-state index in [2.05, 4.69) is 33.7 Å². The zero-order valence-corrected chi connectivity index (χ0v) is 18.3. The highest BCUT2D eigenvalue weighted by Gasteiger charge is 2.35. The Morgan fingerprint density at radius 1 is 1.19 bits per heavy atom. The molecule has 0 radical (unpaired) electrons. The third kappa shape index (κ3) is 4.03. The molecule has 1 amide bonds. The smallest absolute Gasteiger partial charge is 0.255 e. The molecule has 0 spiro atoms. The number of nitrogens with one attached hydrogen (secondary N) is 2. The van der Waals surface area contributed by atoms with E-state index in [1.807, 2.05) is 57.2 Å². The summed E-state index contributed by atoms with van der Waals surface area (Å²) < 4.78 is 7.74. The van der Waals surface area contributed by atoms with E-state index < -0.39 is 6.04 Å². The summed E-state index contributed by atoms with van der Waals surface area (Å²) in [5.74, 6) is 1.14. The zero-order valence-electron chi connectivity index (χ0n) is 18.3. The Morgan fingerprint density at radius 2 is 2.00 bits per heavy atom. The van der Waals surface area contributed by atoms with Gasteiger partial charge in [0.05, 0.1) is 12.2 Å². The molecule has 1 aliphatic heterocycles. The second-order valence-electron chi connectivity index (χ2n) is 7.75. The summed E-state index contributed by atoms with van der Waals surface area (Å²) in [5.41, 5.74) is 5.13. The summed E-state index contributed by atoms with van der Waals surface area (Å²) in [5, 5.41) is 10.7. The minimum atomic E-state index is -0.461. The number of para-hydroxylation sites is 1. The number of hydrogen-bond acceptors (Lipinski definition) is 5. The van der Waals surface area contributed by atoms with Crippen molar-refractivity contribution in [2.75, 3.05) is 17.2 Å². The average molecular weight is 418 g/mol. The van der Waals surface area contributed by atoms with Gasteiger partial charge in [-0.25, -0.2) is 4.68 Å². The molecule has 7 heteroatoms. The SMILES string of the molecule is CCCOc1ccccc1C1C(C(=O)Nc2ccc(C)cc2C)=C(C)Nc2ncnn21. The van der Waals surface area contributed by atoms with Crippen molar-refractivity contribution in [3.8, 4) is 5.75 Å². The predicted molar refractivity (Wildman–Crippen MR) is 121 cm³/mol. The van der Waals surface area contributed by atoms with Crippen molar-refractivity contribution < 1.29 is 9.53 Å². The predicted octanol–water partition coefficient (Wildman–Crippen LogP) is 4.61. The summed E-state index contributed by atoms with van der Waals surface area (Å²) >= 11 is 0. The molecule has 0 aliphatic carbocycles. The molecule has 3 aromatic rings. The van der Waals surface area contributed by atoms with Gasteiger partial charge >= 0.3 is 0 Å². The Balaban J connectivity index is 1.77. The van der Waals surface area contributed by atoms with Crippen LogP contribution in [-0.4, -0.2) is 27.3 Å². The molecule has 160 valence electrons. The molecule has 7 nitrogen and oxygen atoms in total. The van der Waals surface area contributed by atoms with Gasteiger partial charge in [-0.2, -0.15) is 10.1 Å². The number of ether oxygens (including phenoxy) is 1. The lowest BCUT2D eigenvalue weighted by Crippen LogP contribution is -2.32. The van der Waals surface area contributed by atoms with Crippen LogP contribution in [0.1, 0.15) is 43.0 Å². The average Bonchev–Trinajstić information content (AvgIpc) is 3.21. The Bertz CT molecular complexity index is 1150. The highest BCUT2D eigenvalue weighted by atomic mass is 16.5. The van der Waals surface area contributed by atoms with Crippen molar-refractivity contribution in [1.29, 1.82) is 0 Å². The van der Waals surface area contributed by atoms with Crippen LogP contribution in [0.4, 0.5) is 11.6 Å². The molecule has 0 saturated carbocycles. The molecule has 0 fully saturated rings. The topological polar surface area (TPSA) is 81.1 Å². The summed E-state index contributed by atoms with van der Waals surface area (Å²) in [7, 11) is 0. The number of aryl methyl sites for hydroxylation is 2. The quantitative estimate of drug-likeness (QED) is 0.612. The number of hydrogen-bond donors (Lipinski definition) is 2. The number of allylic oxidation sites excluding steroid dienone is 1. The monoisotopic (exact) mass is 417 g/mol. The lowest BCUT2D eigenvalue weighted by atomic mass is 9.94. The molecule has 1 atom stereocenters. The molecular weight excluding hydrogens is 390 g/mol. The highest BCUT2D eigenvalue weighted by molar-refractivity contribution is 6.06. The third-order valence-corrected chi connectivity index (χ3v) is 5.34. The first-order chi connectivity index (χ1) is 15.0. The van der Waals surface area contributed by atoms with Crippen molar-refractivity contribution in [1.82, 2.24) is 14.8 Å². The van der Waals surface area contributed by atoms with Crippen LogP contribution in [0.2, 0.25) is 0 Å². The summed E-state index contributed by atoms with van der Waals surface area (Å²) in [6.07, 6.45) is 2.38. The number of carbonyl (C=O) groups is 1. The first kappa shape index (κ1) is 20.7. The molecule has 1 aliphatic rings. The van der Waals surface area contributed by atoms with E-state index in [0.29, 0.717) is 18.1 Å². The van der Waals surface area contributed by atoms with Crippen LogP contribution >= 0.6 is 0 Å². The van der Waals surface area contributed by atoms with Gasteiger partial charge in [0.1, 0.15) is 18.1 Å². The van der Waals surface area contributed by atoms with Crippen LogP contribution in [0.5, 0.6) is 5.75 Å². The maximum absolute atomic E-state index is 13.5. The molecule has 0 saturated heterocycles. The van der Waals surface area contributed by atoms with Crippen LogP contribution in [0.15, 0.2) is 60.1 Å². The Hall–Kier alpha value is -3.61. The largest absolute Gasteiger partial charge is 0.493 e. The minimum Gasteiger partial charge on any atom is -0.493 e. The van der Waals surface area contributed by atoms with E-state index in [1.165, 1.54) is 6.33 Å². The number of carbonyl (C=O) groups excluding carboxylic acids is 1. The Morgan fingerprint density at radius 3 is 2.77 bits per heavy atom. The van der Waals surface area contributed by atoms with Gasteiger partial charge in [0.2, 0.25) is 5.95 Å². The second kappa shape index (κ2) is 8.63. The maximum atomic E-state index is 13.5. The standard InChI is InChI=1S/C24H27N5O2/c1-5-12-31-20-9-7-6-8-18(20)22-21(17(4)27-24-25-14-26-29(22)24)23(30)28-19-11-10-15(2)13-16(19)3/h6-11,13-14,22H,5,12H2,1-4H3,(H,28,30)(H,25,26,27). The van der Waals surface area contributed by atoms with Gasteiger partial charge in [-0.15, -0.1) is 0 Å². The maximum Gasteiger partial charge on any atom is 0.255 e. The lowest BCUT2D eigenvalue weighted by Gasteiger charge is -2.30. The minimum absolute atomic E-state index is 0.187. The first-order valence-corrected chi connectivity index (χ1v) is 10.5. The fourth-order valence-electron chi connectivity index (χ4n) is 3.87. The number of aromatic nitrogens is 3. The number of anilines is 2. The molecule has 1 aromatic heterocycles. The summed E-state index contributed by atoms with van der Waals surface area (Å²) in [6.45, 7) is 8.57. The highest BCUT2D eigenvalue weighted by Crippen LogP contribution is 2.39. The van der Waals surface area contributed by atoms with Crippen molar-refractivity contribution in [3.63, 3.8) is 0 Å². The van der Waals surface area contributed by atoms with Crippen molar-refractivity contribution in [2.45, 2.75) is 40.2 Å². The fourth-order valence-corrected chi connectivity index (χ4v) is 3.87. The van der Waals surface area contributed by atoms with E-state index in [-0.39, 0.29) is 5.91 Å². The van der Waals surface area contributed by atoms with Crippen LogP contribution < -0.4 is 15.4 Å².